The van der Waals surface area contributed by atoms with Crippen molar-refractivity contribution >= 4 is 5.91 Å². The van der Waals surface area contributed by atoms with E-state index in [4.69, 9.17) is 0 Å². The van der Waals surface area contributed by atoms with Crippen LogP contribution in [-0.4, -0.2) is 30.0 Å². The van der Waals surface area contributed by atoms with E-state index in [-0.39, 0.29) is 17.6 Å². The normalized spacial score (nSPS) is 30.9. The lowest BCUT2D eigenvalue weighted by Gasteiger charge is -2.06. The van der Waals surface area contributed by atoms with Crippen LogP contribution in [0.4, 0.5) is 4.39 Å². The molecule has 1 aromatic heterocycles. The number of fused-ring (bicyclic) bond motifs is 1. The molecular weight excluding hydrogens is 209 g/mol. The van der Waals surface area contributed by atoms with Crippen LogP contribution in [0.2, 0.25) is 0 Å². The SMILES string of the molecule is O=C(NC1C2CNCC21)c1ccc(F)cn1. The summed E-state index contributed by atoms with van der Waals surface area (Å²) in [5, 5.41) is 6.18. The largest absolute Gasteiger partial charge is 0.347 e. The summed E-state index contributed by atoms with van der Waals surface area (Å²) in [5.74, 6) is 0.511. The Balaban J connectivity index is 1.63. The number of halogens is 1. The third-order valence-electron chi connectivity index (χ3n) is 3.35. The first-order chi connectivity index (χ1) is 7.75. The van der Waals surface area contributed by atoms with Gasteiger partial charge < -0.3 is 10.6 Å². The van der Waals surface area contributed by atoms with E-state index in [1.807, 2.05) is 0 Å². The molecule has 1 aliphatic heterocycles. The Morgan fingerprint density at radius 2 is 2.19 bits per heavy atom. The molecule has 0 spiro atoms. The third-order valence-corrected chi connectivity index (χ3v) is 3.35. The van der Waals surface area contributed by atoms with Gasteiger partial charge in [0.05, 0.1) is 6.20 Å². The third kappa shape index (κ3) is 1.57. The molecule has 1 aromatic rings. The summed E-state index contributed by atoms with van der Waals surface area (Å²) < 4.78 is 12.6. The number of amides is 1. The average molecular weight is 221 g/mol. The van der Waals surface area contributed by atoms with Crippen molar-refractivity contribution in [2.45, 2.75) is 6.04 Å². The maximum atomic E-state index is 12.6. The second-order valence-electron chi connectivity index (χ2n) is 4.35. The van der Waals surface area contributed by atoms with Crippen molar-refractivity contribution in [3.8, 4) is 0 Å². The van der Waals surface area contributed by atoms with Gasteiger partial charge in [-0.05, 0) is 24.0 Å². The van der Waals surface area contributed by atoms with E-state index in [0.717, 1.165) is 19.3 Å². The van der Waals surface area contributed by atoms with Crippen LogP contribution in [0.3, 0.4) is 0 Å². The molecule has 1 amide bonds. The molecule has 2 aliphatic rings. The number of nitrogens with zero attached hydrogens (tertiary/aromatic N) is 1. The average Bonchev–Trinajstić information content (AvgIpc) is 2.75. The van der Waals surface area contributed by atoms with Crippen LogP contribution in [-0.2, 0) is 0 Å². The second kappa shape index (κ2) is 3.52. The Hall–Kier alpha value is -1.49. The molecule has 2 unspecified atom stereocenters. The number of rotatable bonds is 2. The molecule has 3 rings (SSSR count). The van der Waals surface area contributed by atoms with Gasteiger partial charge in [0.1, 0.15) is 11.5 Å². The van der Waals surface area contributed by atoms with Crippen molar-refractivity contribution in [1.82, 2.24) is 15.6 Å². The summed E-state index contributed by atoms with van der Waals surface area (Å²) in [6.45, 7) is 1.96. The Kier molecular flexibility index (Phi) is 2.14. The molecular formula is C11H12FN3O. The van der Waals surface area contributed by atoms with Crippen LogP contribution < -0.4 is 10.6 Å². The molecule has 2 heterocycles. The number of hydrogen-bond donors (Lipinski definition) is 2. The van der Waals surface area contributed by atoms with Crippen molar-refractivity contribution < 1.29 is 9.18 Å². The first-order valence-electron chi connectivity index (χ1n) is 5.39. The first kappa shape index (κ1) is 9.72. The fourth-order valence-electron chi connectivity index (χ4n) is 2.37. The van der Waals surface area contributed by atoms with E-state index in [1.54, 1.807) is 0 Å². The molecule has 2 atom stereocenters. The van der Waals surface area contributed by atoms with Crippen LogP contribution in [0.1, 0.15) is 10.5 Å². The summed E-state index contributed by atoms with van der Waals surface area (Å²) in [5.41, 5.74) is 0.277. The fourth-order valence-corrected chi connectivity index (χ4v) is 2.37. The van der Waals surface area contributed by atoms with Crippen molar-refractivity contribution in [3.63, 3.8) is 0 Å². The van der Waals surface area contributed by atoms with Crippen LogP contribution in [0, 0.1) is 17.7 Å². The van der Waals surface area contributed by atoms with Gasteiger partial charge in [0.25, 0.3) is 5.91 Å². The van der Waals surface area contributed by atoms with Crippen molar-refractivity contribution in [2.75, 3.05) is 13.1 Å². The van der Waals surface area contributed by atoms with E-state index < -0.39 is 5.82 Å². The van der Waals surface area contributed by atoms with Gasteiger partial charge in [0.15, 0.2) is 0 Å². The van der Waals surface area contributed by atoms with Gasteiger partial charge in [0.2, 0.25) is 0 Å². The van der Waals surface area contributed by atoms with Gasteiger partial charge >= 0.3 is 0 Å². The summed E-state index contributed by atoms with van der Waals surface area (Å²) in [4.78, 5) is 15.5. The van der Waals surface area contributed by atoms with Crippen molar-refractivity contribution in [2.24, 2.45) is 11.8 Å². The number of carbonyl (C=O) groups is 1. The summed E-state index contributed by atoms with van der Waals surface area (Å²) in [6, 6.07) is 2.93. The molecule has 0 radical (unpaired) electrons. The molecule has 84 valence electrons. The summed E-state index contributed by atoms with van der Waals surface area (Å²) in [7, 11) is 0. The van der Waals surface area contributed by atoms with Gasteiger partial charge in [-0.15, -0.1) is 0 Å². The Morgan fingerprint density at radius 1 is 1.44 bits per heavy atom. The predicted molar refractivity (Wildman–Crippen MR) is 55.3 cm³/mol. The predicted octanol–water partition coefficient (Wildman–Crippen LogP) is 0.168. The fraction of sp³-hybridized carbons (Fsp3) is 0.455. The zero-order valence-corrected chi connectivity index (χ0v) is 8.61. The van der Waals surface area contributed by atoms with Gasteiger partial charge in [-0.3, -0.25) is 4.79 Å². The van der Waals surface area contributed by atoms with E-state index in [2.05, 4.69) is 15.6 Å². The van der Waals surface area contributed by atoms with Crippen molar-refractivity contribution in [3.05, 3.63) is 29.8 Å². The summed E-state index contributed by atoms with van der Waals surface area (Å²) in [6.07, 6.45) is 1.06. The lowest BCUT2D eigenvalue weighted by molar-refractivity contribution is 0.0941. The van der Waals surface area contributed by atoms with Crippen LogP contribution in [0.15, 0.2) is 18.3 Å². The quantitative estimate of drug-likeness (QED) is 0.748. The highest BCUT2D eigenvalue weighted by Gasteiger charge is 2.53. The molecule has 0 bridgehead atoms. The molecule has 16 heavy (non-hydrogen) atoms. The number of aromatic nitrogens is 1. The molecule has 5 heteroatoms. The Bertz CT molecular complexity index is 410. The van der Waals surface area contributed by atoms with Crippen LogP contribution in [0.5, 0.6) is 0 Å². The summed E-state index contributed by atoms with van der Waals surface area (Å²) >= 11 is 0. The lowest BCUT2D eigenvalue weighted by Crippen LogP contribution is -2.32. The zero-order chi connectivity index (χ0) is 11.1. The molecule has 1 saturated carbocycles. The molecule has 4 nitrogen and oxygen atoms in total. The van der Waals surface area contributed by atoms with Gasteiger partial charge in [-0.2, -0.15) is 0 Å². The maximum Gasteiger partial charge on any atom is 0.270 e. The maximum absolute atomic E-state index is 12.6. The molecule has 1 saturated heterocycles. The van der Waals surface area contributed by atoms with Gasteiger partial charge in [-0.25, -0.2) is 9.37 Å². The number of nitrogens with one attached hydrogen (secondary N) is 2. The van der Waals surface area contributed by atoms with Gasteiger partial charge in [-0.1, -0.05) is 0 Å². The first-order valence-corrected chi connectivity index (χ1v) is 5.39. The lowest BCUT2D eigenvalue weighted by atomic mass is 10.3. The van der Waals surface area contributed by atoms with Crippen LogP contribution in [0.25, 0.3) is 0 Å². The minimum absolute atomic E-state index is 0.209. The molecule has 2 fully saturated rings. The number of carbonyl (C=O) groups excluding carboxylic acids is 1. The zero-order valence-electron chi connectivity index (χ0n) is 8.61. The van der Waals surface area contributed by atoms with Gasteiger partial charge in [0, 0.05) is 19.1 Å². The Labute approximate surface area is 92.3 Å². The topological polar surface area (TPSA) is 54.0 Å². The minimum Gasteiger partial charge on any atom is -0.347 e. The Morgan fingerprint density at radius 3 is 2.81 bits per heavy atom. The minimum atomic E-state index is -0.427. The van der Waals surface area contributed by atoms with E-state index in [1.165, 1.54) is 12.1 Å². The van der Waals surface area contributed by atoms with E-state index in [9.17, 15) is 9.18 Å². The van der Waals surface area contributed by atoms with E-state index >= 15 is 0 Å². The van der Waals surface area contributed by atoms with Crippen molar-refractivity contribution in [1.29, 1.82) is 0 Å². The van der Waals surface area contributed by atoms with E-state index in [0.29, 0.717) is 11.8 Å². The highest BCUT2D eigenvalue weighted by Crippen LogP contribution is 2.41. The smallest absolute Gasteiger partial charge is 0.270 e. The molecule has 0 aromatic carbocycles. The van der Waals surface area contributed by atoms with Crippen LogP contribution >= 0.6 is 0 Å². The highest BCUT2D eigenvalue weighted by molar-refractivity contribution is 5.92. The molecule has 2 N–H and O–H groups in total. The monoisotopic (exact) mass is 221 g/mol. The number of hydrogen-bond acceptors (Lipinski definition) is 3. The molecule has 1 aliphatic carbocycles. The standard InChI is InChI=1S/C11H12FN3O/c12-6-1-2-9(14-3-6)11(16)15-10-7-4-13-5-8(7)10/h1-3,7-8,10,13H,4-5H2,(H,15,16). The number of pyridine rings is 1. The second-order valence-corrected chi connectivity index (χ2v) is 4.35. The number of piperidine rings is 1. The highest BCUT2D eigenvalue weighted by atomic mass is 19.1.